The van der Waals surface area contributed by atoms with Crippen LogP contribution in [0.15, 0.2) is 48.5 Å². The predicted molar refractivity (Wildman–Crippen MR) is 125 cm³/mol. The molecule has 2 N–H and O–H groups in total. The molecular weight excluding hydrogens is 404 g/mol. The summed E-state index contributed by atoms with van der Waals surface area (Å²) in [6.07, 6.45) is 2.48. The summed E-state index contributed by atoms with van der Waals surface area (Å²) in [5.74, 6) is 0.669. The number of aromatic hydroxyl groups is 1. The Kier molecular flexibility index (Phi) is 7.78. The number of piperidine rings is 1. The fourth-order valence-corrected chi connectivity index (χ4v) is 3.83. The highest BCUT2D eigenvalue weighted by Gasteiger charge is 2.25. The van der Waals surface area contributed by atoms with Gasteiger partial charge in [-0.25, -0.2) is 0 Å². The molecular formula is C26H34N2O4. The first-order valence-corrected chi connectivity index (χ1v) is 11.3. The summed E-state index contributed by atoms with van der Waals surface area (Å²) in [6, 6.07) is 14.8. The van der Waals surface area contributed by atoms with Gasteiger partial charge in [-0.15, -0.1) is 0 Å². The Morgan fingerprint density at radius 2 is 1.72 bits per heavy atom. The van der Waals surface area contributed by atoms with Crippen molar-refractivity contribution >= 4 is 11.8 Å². The maximum Gasteiger partial charge on any atom is 0.257 e. The van der Waals surface area contributed by atoms with E-state index in [4.69, 9.17) is 4.74 Å². The molecule has 0 bridgehead atoms. The van der Waals surface area contributed by atoms with Gasteiger partial charge in [0.25, 0.3) is 5.91 Å². The van der Waals surface area contributed by atoms with E-state index < -0.39 is 0 Å². The van der Waals surface area contributed by atoms with E-state index in [-0.39, 0.29) is 29.0 Å². The molecule has 6 nitrogen and oxygen atoms in total. The van der Waals surface area contributed by atoms with Gasteiger partial charge in [-0.1, -0.05) is 45.0 Å². The van der Waals surface area contributed by atoms with Gasteiger partial charge in [-0.05, 0) is 54.5 Å². The molecule has 32 heavy (non-hydrogen) atoms. The molecule has 2 amide bonds. The van der Waals surface area contributed by atoms with Gasteiger partial charge in [0.2, 0.25) is 5.91 Å². The molecule has 0 radical (unpaired) electrons. The highest BCUT2D eigenvalue weighted by Crippen LogP contribution is 2.24. The molecule has 0 saturated carbocycles. The van der Waals surface area contributed by atoms with Crippen molar-refractivity contribution in [2.24, 2.45) is 0 Å². The van der Waals surface area contributed by atoms with Gasteiger partial charge in [0.15, 0.2) is 0 Å². The second kappa shape index (κ2) is 10.5. The average molecular weight is 439 g/mol. The number of phenolic OH excluding ortho intramolecular Hbond substituents is 1. The molecule has 172 valence electrons. The molecule has 2 aromatic carbocycles. The minimum Gasteiger partial charge on any atom is -0.507 e. The van der Waals surface area contributed by atoms with E-state index in [9.17, 15) is 14.7 Å². The lowest BCUT2D eigenvalue weighted by Gasteiger charge is -2.32. The van der Waals surface area contributed by atoms with E-state index in [1.165, 1.54) is 11.6 Å². The molecule has 0 aliphatic carbocycles. The van der Waals surface area contributed by atoms with Crippen molar-refractivity contribution in [1.82, 2.24) is 10.2 Å². The number of phenols is 1. The Bertz CT molecular complexity index is 910. The summed E-state index contributed by atoms with van der Waals surface area (Å²) < 4.78 is 5.76. The Balaban J connectivity index is 1.34. The molecule has 2 aromatic rings. The average Bonchev–Trinajstić information content (AvgIpc) is 2.77. The number of benzene rings is 2. The first kappa shape index (κ1) is 23.6. The van der Waals surface area contributed by atoms with Crippen LogP contribution in [0.25, 0.3) is 0 Å². The minimum atomic E-state index is -0.166. The predicted octanol–water partition coefficient (Wildman–Crippen LogP) is 4.27. The van der Waals surface area contributed by atoms with Crippen molar-refractivity contribution in [1.29, 1.82) is 0 Å². The van der Waals surface area contributed by atoms with Crippen LogP contribution < -0.4 is 10.1 Å². The molecule has 1 saturated heterocycles. The van der Waals surface area contributed by atoms with Gasteiger partial charge in [0.1, 0.15) is 11.5 Å². The number of carbonyl (C=O) groups is 2. The zero-order chi connectivity index (χ0) is 23.1. The van der Waals surface area contributed by atoms with Crippen molar-refractivity contribution in [3.63, 3.8) is 0 Å². The lowest BCUT2D eigenvalue weighted by molar-refractivity contribution is -0.122. The second-order valence-electron chi connectivity index (χ2n) is 9.38. The van der Waals surface area contributed by atoms with Crippen LogP contribution in [0, 0.1) is 0 Å². The van der Waals surface area contributed by atoms with Gasteiger partial charge < -0.3 is 20.1 Å². The second-order valence-corrected chi connectivity index (χ2v) is 9.38. The van der Waals surface area contributed by atoms with Crippen molar-refractivity contribution in [3.8, 4) is 11.5 Å². The highest BCUT2D eigenvalue weighted by molar-refractivity contribution is 5.96. The summed E-state index contributed by atoms with van der Waals surface area (Å²) in [5.41, 5.74) is 1.70. The smallest absolute Gasteiger partial charge is 0.257 e. The Morgan fingerprint density at radius 1 is 1.06 bits per heavy atom. The maximum atomic E-state index is 12.6. The van der Waals surface area contributed by atoms with Gasteiger partial charge in [-0.2, -0.15) is 0 Å². The number of likely N-dealkylation sites (tertiary alicyclic amines) is 1. The number of para-hydroxylation sites is 1. The van der Waals surface area contributed by atoms with Crippen LogP contribution in [0.3, 0.4) is 0 Å². The molecule has 1 fully saturated rings. The zero-order valence-electron chi connectivity index (χ0n) is 19.3. The van der Waals surface area contributed by atoms with E-state index in [2.05, 4.69) is 38.2 Å². The van der Waals surface area contributed by atoms with Crippen LogP contribution in [-0.2, 0) is 10.2 Å². The normalized spacial score (nSPS) is 14.8. The number of hydrogen-bond acceptors (Lipinski definition) is 4. The molecule has 1 aliphatic heterocycles. The summed E-state index contributed by atoms with van der Waals surface area (Å²) >= 11 is 0. The summed E-state index contributed by atoms with van der Waals surface area (Å²) in [7, 11) is 0. The zero-order valence-corrected chi connectivity index (χ0v) is 19.3. The highest BCUT2D eigenvalue weighted by atomic mass is 16.5. The van der Waals surface area contributed by atoms with Crippen LogP contribution in [0.2, 0.25) is 0 Å². The fraction of sp³-hybridized carbons (Fsp3) is 0.462. The lowest BCUT2D eigenvalue weighted by atomic mass is 9.87. The standard InChI is InChI=1S/C26H34N2O4/c1-26(2,3)19-10-12-21(13-11-19)32-18-6-9-24(30)27-20-14-16-28(17-15-20)25(31)22-7-4-5-8-23(22)29/h4-5,7-8,10-13,20,29H,6,9,14-18H2,1-3H3,(H,27,30). The third kappa shape index (κ3) is 6.49. The SMILES string of the molecule is CC(C)(C)c1ccc(OCCCC(=O)NC2CCN(C(=O)c3ccccc3O)CC2)cc1. The van der Waals surface area contributed by atoms with E-state index in [1.807, 2.05) is 12.1 Å². The Morgan fingerprint density at radius 3 is 2.34 bits per heavy atom. The third-order valence-electron chi connectivity index (χ3n) is 5.82. The molecule has 0 unspecified atom stereocenters. The largest absolute Gasteiger partial charge is 0.507 e. The summed E-state index contributed by atoms with van der Waals surface area (Å²) in [4.78, 5) is 26.6. The number of ether oxygens (including phenoxy) is 1. The number of amides is 2. The van der Waals surface area contributed by atoms with Crippen LogP contribution in [0.1, 0.15) is 62.4 Å². The van der Waals surface area contributed by atoms with Crippen molar-refractivity contribution in [2.75, 3.05) is 19.7 Å². The lowest BCUT2D eigenvalue weighted by Crippen LogP contribution is -2.46. The first-order valence-electron chi connectivity index (χ1n) is 11.3. The van der Waals surface area contributed by atoms with Gasteiger partial charge >= 0.3 is 0 Å². The van der Waals surface area contributed by atoms with E-state index >= 15 is 0 Å². The van der Waals surface area contributed by atoms with Crippen LogP contribution >= 0.6 is 0 Å². The van der Waals surface area contributed by atoms with Crippen LogP contribution in [0.4, 0.5) is 0 Å². The minimum absolute atomic E-state index is 0.000269. The summed E-state index contributed by atoms with van der Waals surface area (Å²) in [6.45, 7) is 8.15. The molecule has 3 rings (SSSR count). The first-order chi connectivity index (χ1) is 15.2. The van der Waals surface area contributed by atoms with E-state index in [1.54, 1.807) is 23.1 Å². The summed E-state index contributed by atoms with van der Waals surface area (Å²) in [5, 5.41) is 13.0. The van der Waals surface area contributed by atoms with Gasteiger partial charge in [0, 0.05) is 25.6 Å². The Labute approximate surface area is 190 Å². The van der Waals surface area contributed by atoms with Crippen LogP contribution in [0.5, 0.6) is 11.5 Å². The molecule has 6 heteroatoms. The van der Waals surface area contributed by atoms with Crippen LogP contribution in [-0.4, -0.2) is 47.6 Å². The number of carbonyl (C=O) groups excluding carboxylic acids is 2. The molecule has 0 atom stereocenters. The topological polar surface area (TPSA) is 78.9 Å². The van der Waals surface area contributed by atoms with Crippen molar-refractivity contribution in [2.45, 2.75) is 57.9 Å². The monoisotopic (exact) mass is 438 g/mol. The van der Waals surface area contributed by atoms with Crippen molar-refractivity contribution < 1.29 is 19.4 Å². The number of hydrogen-bond donors (Lipinski definition) is 2. The number of rotatable bonds is 7. The number of nitrogens with zero attached hydrogens (tertiary/aromatic N) is 1. The van der Waals surface area contributed by atoms with Gasteiger partial charge in [0.05, 0.1) is 12.2 Å². The molecule has 1 heterocycles. The Hall–Kier alpha value is -3.02. The fourth-order valence-electron chi connectivity index (χ4n) is 3.83. The molecule has 1 aliphatic rings. The third-order valence-corrected chi connectivity index (χ3v) is 5.82. The van der Waals surface area contributed by atoms with Crippen molar-refractivity contribution in [3.05, 3.63) is 59.7 Å². The quantitative estimate of drug-likeness (QED) is 0.633. The number of nitrogens with one attached hydrogen (secondary N) is 1. The maximum absolute atomic E-state index is 12.6. The van der Waals surface area contributed by atoms with E-state index in [0.717, 1.165) is 5.75 Å². The molecule has 0 spiro atoms. The molecule has 0 aromatic heterocycles. The van der Waals surface area contributed by atoms with Gasteiger partial charge in [-0.3, -0.25) is 9.59 Å². The van der Waals surface area contributed by atoms with E-state index in [0.29, 0.717) is 50.9 Å².